The van der Waals surface area contributed by atoms with Gasteiger partial charge >= 0.3 is 6.18 Å². The summed E-state index contributed by atoms with van der Waals surface area (Å²) in [4.78, 5) is 16.8. The lowest BCUT2D eigenvalue weighted by Crippen LogP contribution is -2.48. The van der Waals surface area contributed by atoms with E-state index in [2.05, 4.69) is 4.98 Å². The highest BCUT2D eigenvalue weighted by molar-refractivity contribution is 5.63. The standard InChI is InChI=1S/C17H14F3N5O2/c18-17(19,20)13-1-4-16(22-11-13)24-7-5-23(6-8-24)15-3-2-14(25(26)27)9-12(15)10-21/h1-4,9,11H,5-8H2/p+1. The Morgan fingerprint density at radius 2 is 1.78 bits per heavy atom. The first kappa shape index (κ1) is 18.4. The first-order valence-electron chi connectivity index (χ1n) is 8.07. The van der Waals surface area contributed by atoms with E-state index in [1.807, 2.05) is 15.9 Å². The summed E-state index contributed by atoms with van der Waals surface area (Å²) >= 11 is 0. The number of nitrogens with one attached hydrogen (secondary N) is 1. The maximum atomic E-state index is 12.6. The fourth-order valence-corrected chi connectivity index (χ4v) is 2.98. The van der Waals surface area contributed by atoms with Crippen molar-refractivity contribution in [2.45, 2.75) is 6.18 Å². The number of rotatable bonds is 3. The molecule has 0 aliphatic carbocycles. The monoisotopic (exact) mass is 378 g/mol. The molecule has 27 heavy (non-hydrogen) atoms. The molecule has 1 aliphatic rings. The number of nitro groups is 1. The molecule has 0 atom stereocenters. The van der Waals surface area contributed by atoms with Crippen LogP contribution in [0.3, 0.4) is 0 Å². The average Bonchev–Trinajstić information content (AvgIpc) is 2.67. The number of hydrogen-bond donors (Lipinski definition) is 0. The van der Waals surface area contributed by atoms with Crippen molar-refractivity contribution in [3.63, 3.8) is 0 Å². The quantitative estimate of drug-likeness (QED) is 0.605. The normalized spacial score (nSPS) is 14.7. The van der Waals surface area contributed by atoms with E-state index in [1.165, 1.54) is 18.2 Å². The van der Waals surface area contributed by atoms with Gasteiger partial charge in [0.25, 0.3) is 11.5 Å². The van der Waals surface area contributed by atoms with Gasteiger partial charge in [0.1, 0.15) is 25.4 Å². The van der Waals surface area contributed by atoms with Gasteiger partial charge in [-0.25, -0.2) is 4.98 Å². The van der Waals surface area contributed by atoms with Crippen molar-refractivity contribution in [3.8, 4) is 6.07 Å². The van der Waals surface area contributed by atoms with Crippen molar-refractivity contribution in [3.05, 3.63) is 57.8 Å². The number of hydrogen-bond acceptors (Lipinski definition) is 5. The van der Waals surface area contributed by atoms with E-state index in [1.54, 1.807) is 6.07 Å². The van der Waals surface area contributed by atoms with Crippen LogP contribution in [0.2, 0.25) is 0 Å². The van der Waals surface area contributed by atoms with Crippen LogP contribution in [-0.4, -0.2) is 31.1 Å². The molecule has 2 aromatic rings. The maximum absolute atomic E-state index is 12.6. The van der Waals surface area contributed by atoms with E-state index in [9.17, 15) is 28.5 Å². The zero-order chi connectivity index (χ0) is 19.6. The van der Waals surface area contributed by atoms with Gasteiger partial charge in [0.2, 0.25) is 0 Å². The van der Waals surface area contributed by atoms with E-state index in [0.29, 0.717) is 37.7 Å². The van der Waals surface area contributed by atoms with Crippen molar-refractivity contribution in [2.24, 2.45) is 0 Å². The number of pyridine rings is 1. The number of anilines is 2. The largest absolute Gasteiger partial charge is 0.419 e. The van der Waals surface area contributed by atoms with Gasteiger partial charge in [0, 0.05) is 18.2 Å². The third-order valence-corrected chi connectivity index (χ3v) is 4.40. The van der Waals surface area contributed by atoms with Crippen molar-refractivity contribution in [1.82, 2.24) is 0 Å². The van der Waals surface area contributed by atoms with E-state index in [-0.39, 0.29) is 11.3 Å². The van der Waals surface area contributed by atoms with Gasteiger partial charge in [-0.1, -0.05) is 0 Å². The molecule has 1 fully saturated rings. The number of nitrogens with zero attached hydrogens (tertiary/aromatic N) is 4. The highest BCUT2D eigenvalue weighted by Gasteiger charge is 2.32. The number of aromatic amines is 1. The van der Waals surface area contributed by atoms with Gasteiger partial charge in [0.05, 0.1) is 34.8 Å². The first-order chi connectivity index (χ1) is 12.8. The third-order valence-electron chi connectivity index (χ3n) is 4.40. The van der Waals surface area contributed by atoms with Crippen LogP contribution in [0.5, 0.6) is 0 Å². The zero-order valence-corrected chi connectivity index (χ0v) is 14.0. The number of benzene rings is 1. The summed E-state index contributed by atoms with van der Waals surface area (Å²) in [5.41, 5.74) is -0.0550. The third kappa shape index (κ3) is 3.92. The van der Waals surface area contributed by atoms with Crippen LogP contribution in [-0.2, 0) is 6.18 Å². The van der Waals surface area contributed by atoms with Crippen molar-refractivity contribution in [1.29, 1.82) is 5.26 Å². The van der Waals surface area contributed by atoms with Gasteiger partial charge in [-0.05, 0) is 12.1 Å². The minimum atomic E-state index is -4.39. The predicted molar refractivity (Wildman–Crippen MR) is 90.2 cm³/mol. The Morgan fingerprint density at radius 3 is 2.30 bits per heavy atom. The number of piperazine rings is 1. The van der Waals surface area contributed by atoms with E-state index >= 15 is 0 Å². The summed E-state index contributed by atoms with van der Waals surface area (Å²) in [6.45, 7) is 2.12. The minimum absolute atomic E-state index is 0.145. The second-order valence-electron chi connectivity index (χ2n) is 6.00. The van der Waals surface area contributed by atoms with Crippen LogP contribution >= 0.6 is 0 Å². The molecule has 0 radical (unpaired) electrons. The molecule has 1 aromatic carbocycles. The number of alkyl halides is 3. The Labute approximate surface area is 152 Å². The molecule has 1 aromatic heterocycles. The maximum Gasteiger partial charge on any atom is 0.419 e. The van der Waals surface area contributed by atoms with Gasteiger partial charge < -0.3 is 4.90 Å². The molecule has 0 spiro atoms. The molecule has 7 nitrogen and oxygen atoms in total. The lowest BCUT2D eigenvalue weighted by Gasteiger charge is -2.33. The van der Waals surface area contributed by atoms with Gasteiger partial charge in [-0.2, -0.15) is 18.4 Å². The number of nitro benzene ring substituents is 1. The number of aromatic nitrogens is 1. The van der Waals surface area contributed by atoms with Gasteiger partial charge in [0.15, 0.2) is 0 Å². The Balaban J connectivity index is 1.71. The fourth-order valence-electron chi connectivity index (χ4n) is 2.98. The van der Waals surface area contributed by atoms with Crippen LogP contribution in [0, 0.1) is 21.4 Å². The summed E-state index contributed by atoms with van der Waals surface area (Å²) in [7, 11) is 0. The van der Waals surface area contributed by atoms with Crippen LogP contribution in [0.15, 0.2) is 36.5 Å². The van der Waals surface area contributed by atoms with Crippen molar-refractivity contribution < 1.29 is 23.1 Å². The van der Waals surface area contributed by atoms with Crippen LogP contribution in [0.25, 0.3) is 0 Å². The van der Waals surface area contributed by atoms with E-state index in [0.717, 1.165) is 12.3 Å². The summed E-state index contributed by atoms with van der Waals surface area (Å²) < 4.78 is 37.9. The van der Waals surface area contributed by atoms with Crippen molar-refractivity contribution in [2.75, 3.05) is 36.0 Å². The molecule has 2 heterocycles. The molecular formula is C17H15F3N5O2+. The molecule has 0 amide bonds. The molecule has 10 heteroatoms. The first-order valence-corrected chi connectivity index (χ1v) is 8.07. The van der Waals surface area contributed by atoms with Crippen LogP contribution in [0.4, 0.5) is 30.4 Å². The summed E-state index contributed by atoms with van der Waals surface area (Å²) in [6, 6.07) is 8.55. The lowest BCUT2D eigenvalue weighted by molar-refractivity contribution is -0.384. The Hall–Kier alpha value is -3.35. The minimum Gasteiger partial charge on any atom is -0.363 e. The lowest BCUT2D eigenvalue weighted by atomic mass is 10.1. The molecule has 3 rings (SSSR count). The van der Waals surface area contributed by atoms with Gasteiger partial charge in [-0.3, -0.25) is 15.0 Å². The molecule has 0 saturated carbocycles. The molecule has 0 bridgehead atoms. The molecular weight excluding hydrogens is 363 g/mol. The summed E-state index contributed by atoms with van der Waals surface area (Å²) in [5.74, 6) is 0.576. The molecule has 1 saturated heterocycles. The predicted octanol–water partition coefficient (Wildman–Crippen LogP) is 2.63. The van der Waals surface area contributed by atoms with Crippen LogP contribution < -0.4 is 14.8 Å². The van der Waals surface area contributed by atoms with Gasteiger partial charge in [-0.15, -0.1) is 0 Å². The van der Waals surface area contributed by atoms with E-state index < -0.39 is 16.7 Å². The number of nitriles is 1. The fraction of sp³-hybridized carbons (Fsp3) is 0.294. The second kappa shape index (κ2) is 7.11. The number of non-ortho nitro benzene ring substituents is 1. The molecule has 140 valence electrons. The zero-order valence-electron chi connectivity index (χ0n) is 14.0. The second-order valence-corrected chi connectivity index (χ2v) is 6.00. The topological polar surface area (TPSA) is 87.5 Å². The number of H-pyrrole nitrogens is 1. The Kier molecular flexibility index (Phi) is 4.85. The van der Waals surface area contributed by atoms with Crippen molar-refractivity contribution >= 4 is 17.2 Å². The Bertz CT molecular complexity index is 885. The molecule has 0 unspecified atom stereocenters. The van der Waals surface area contributed by atoms with E-state index in [4.69, 9.17) is 0 Å². The summed E-state index contributed by atoms with van der Waals surface area (Å²) in [5, 5.41) is 20.1. The molecule has 1 aliphatic heterocycles. The Morgan fingerprint density at radius 1 is 1.11 bits per heavy atom. The average molecular weight is 378 g/mol. The highest BCUT2D eigenvalue weighted by Crippen LogP contribution is 2.29. The smallest absolute Gasteiger partial charge is 0.363 e. The molecule has 1 N–H and O–H groups in total. The van der Waals surface area contributed by atoms with Crippen LogP contribution in [0.1, 0.15) is 11.1 Å². The highest BCUT2D eigenvalue weighted by atomic mass is 19.4. The SMILES string of the molecule is N#Cc1cc([N+](=O)[O-])ccc1N1CCN(c2ccc(C(F)(F)F)c[nH+]2)CC1. The summed E-state index contributed by atoms with van der Waals surface area (Å²) in [6.07, 6.45) is -3.46. The number of halogens is 3.